The van der Waals surface area contributed by atoms with Crippen molar-refractivity contribution in [2.24, 2.45) is 0 Å². The van der Waals surface area contributed by atoms with E-state index in [9.17, 15) is 18.3 Å². The summed E-state index contributed by atoms with van der Waals surface area (Å²) in [4.78, 5) is 1.68. The van der Waals surface area contributed by atoms with Gasteiger partial charge in [-0.15, -0.1) is 0 Å². The van der Waals surface area contributed by atoms with Crippen LogP contribution in [0.15, 0.2) is 0 Å². The summed E-state index contributed by atoms with van der Waals surface area (Å²) in [5.41, 5.74) is -0.301. The van der Waals surface area contributed by atoms with E-state index < -0.39 is 12.6 Å². The Hall–Kier alpha value is -0.330. The van der Waals surface area contributed by atoms with Crippen molar-refractivity contribution in [3.8, 4) is 0 Å². The number of aliphatic hydroxyl groups is 1. The quantitative estimate of drug-likeness (QED) is 0.673. The van der Waals surface area contributed by atoms with Crippen molar-refractivity contribution in [1.82, 2.24) is 10.2 Å². The van der Waals surface area contributed by atoms with E-state index in [0.29, 0.717) is 6.54 Å². The molecule has 2 N–H and O–H groups in total. The minimum absolute atomic E-state index is 0.0291. The third-order valence-corrected chi connectivity index (χ3v) is 3.48. The molecule has 0 saturated heterocycles. The molecule has 3 nitrogen and oxygen atoms in total. The fraction of sp³-hybridized carbons (Fsp3) is 1.00. The molecule has 0 amide bonds. The normalized spacial score (nSPS) is 16.0. The Kier molecular flexibility index (Phi) is 7.82. The molecule has 0 aromatic carbocycles. The summed E-state index contributed by atoms with van der Waals surface area (Å²) in [6, 6.07) is 0. The average molecular weight is 270 g/mol. The molecular formula is C12H25F3N2O. The first-order valence-electron chi connectivity index (χ1n) is 6.33. The number of nitrogens with zero attached hydrogens (tertiary/aromatic N) is 1. The molecule has 0 aromatic heterocycles. The van der Waals surface area contributed by atoms with Gasteiger partial charge in [0.05, 0.1) is 13.0 Å². The first-order chi connectivity index (χ1) is 8.28. The lowest BCUT2D eigenvalue weighted by molar-refractivity contribution is -0.137. The molecule has 0 aliphatic rings. The van der Waals surface area contributed by atoms with Crippen LogP contribution in [0.1, 0.15) is 32.6 Å². The number of hydrogen-bond acceptors (Lipinski definition) is 3. The van der Waals surface area contributed by atoms with E-state index in [1.54, 1.807) is 19.0 Å². The lowest BCUT2D eigenvalue weighted by atomic mass is 9.91. The van der Waals surface area contributed by atoms with Gasteiger partial charge in [-0.25, -0.2) is 0 Å². The number of likely N-dealkylation sites (N-methyl/N-ethyl adjacent to an activating group) is 1. The highest BCUT2D eigenvalue weighted by molar-refractivity contribution is 4.84. The maximum Gasteiger partial charge on any atom is 0.390 e. The zero-order chi connectivity index (χ0) is 14.2. The topological polar surface area (TPSA) is 35.5 Å². The molecule has 0 aliphatic carbocycles. The summed E-state index contributed by atoms with van der Waals surface area (Å²) in [6.07, 6.45) is -2.53. The highest BCUT2D eigenvalue weighted by Gasteiger charge is 2.27. The molecule has 0 fully saturated rings. The minimum Gasteiger partial charge on any atom is -0.394 e. The number of aliphatic hydroxyl groups excluding tert-OH is 1. The summed E-state index contributed by atoms with van der Waals surface area (Å²) in [6.45, 7) is 2.67. The van der Waals surface area contributed by atoms with Crippen molar-refractivity contribution < 1.29 is 18.3 Å². The second kappa shape index (κ2) is 7.96. The van der Waals surface area contributed by atoms with Gasteiger partial charge in [0.25, 0.3) is 0 Å². The average Bonchev–Trinajstić information content (AvgIpc) is 2.32. The molecule has 110 valence electrons. The molecular weight excluding hydrogens is 245 g/mol. The van der Waals surface area contributed by atoms with E-state index in [0.717, 1.165) is 19.3 Å². The summed E-state index contributed by atoms with van der Waals surface area (Å²) in [7, 11) is 3.49. The van der Waals surface area contributed by atoms with Crippen LogP contribution in [0.5, 0.6) is 0 Å². The van der Waals surface area contributed by atoms with Gasteiger partial charge in [0, 0.05) is 12.1 Å². The molecule has 6 heteroatoms. The highest BCUT2D eigenvalue weighted by Crippen LogP contribution is 2.20. The summed E-state index contributed by atoms with van der Waals surface area (Å²) in [5.74, 6) is 0. The zero-order valence-corrected chi connectivity index (χ0v) is 11.5. The van der Waals surface area contributed by atoms with Gasteiger partial charge in [0.1, 0.15) is 0 Å². The largest absolute Gasteiger partial charge is 0.394 e. The Bertz CT molecular complexity index is 210. The van der Waals surface area contributed by atoms with Crippen LogP contribution in [0.2, 0.25) is 0 Å². The maximum atomic E-state index is 12.0. The van der Waals surface area contributed by atoms with Gasteiger partial charge >= 0.3 is 6.18 Å². The fourth-order valence-electron chi connectivity index (χ4n) is 1.87. The van der Waals surface area contributed by atoms with E-state index in [1.807, 2.05) is 6.92 Å². The third kappa shape index (κ3) is 7.18. The van der Waals surface area contributed by atoms with Crippen molar-refractivity contribution in [1.29, 1.82) is 0 Å². The molecule has 0 spiro atoms. The summed E-state index contributed by atoms with van der Waals surface area (Å²) in [5, 5.41) is 12.4. The molecule has 0 aliphatic heterocycles. The van der Waals surface area contributed by atoms with Crippen molar-refractivity contribution in [2.75, 3.05) is 33.8 Å². The van der Waals surface area contributed by atoms with Crippen LogP contribution in [-0.2, 0) is 0 Å². The van der Waals surface area contributed by atoms with Gasteiger partial charge in [-0.05, 0) is 39.9 Å². The third-order valence-electron chi connectivity index (χ3n) is 3.48. The van der Waals surface area contributed by atoms with E-state index >= 15 is 0 Å². The van der Waals surface area contributed by atoms with Crippen LogP contribution < -0.4 is 5.32 Å². The van der Waals surface area contributed by atoms with E-state index in [4.69, 9.17) is 0 Å². The summed E-state index contributed by atoms with van der Waals surface area (Å²) < 4.78 is 36.1. The van der Waals surface area contributed by atoms with Crippen LogP contribution in [0.25, 0.3) is 0 Å². The van der Waals surface area contributed by atoms with Gasteiger partial charge in [0.2, 0.25) is 0 Å². The van der Waals surface area contributed by atoms with E-state index in [2.05, 4.69) is 5.32 Å². The number of halogens is 3. The molecule has 1 atom stereocenters. The van der Waals surface area contributed by atoms with Crippen molar-refractivity contribution in [3.05, 3.63) is 0 Å². The number of nitrogens with one attached hydrogen (secondary N) is 1. The van der Waals surface area contributed by atoms with Crippen molar-refractivity contribution in [3.63, 3.8) is 0 Å². The molecule has 0 aromatic rings. The van der Waals surface area contributed by atoms with Gasteiger partial charge in [-0.1, -0.05) is 6.92 Å². The van der Waals surface area contributed by atoms with Crippen molar-refractivity contribution in [2.45, 2.75) is 44.3 Å². The predicted molar refractivity (Wildman–Crippen MR) is 66.6 cm³/mol. The Balaban J connectivity index is 3.89. The zero-order valence-electron chi connectivity index (χ0n) is 11.5. The minimum atomic E-state index is -4.09. The standard InChI is InChI=1S/C12H25F3N2O/c1-4-11(10-18,16-2)6-5-8-17(3)9-7-12(13,14)15/h16,18H,4-10H2,1-3H3. The first-order valence-corrected chi connectivity index (χ1v) is 6.33. The van der Waals surface area contributed by atoms with Gasteiger partial charge < -0.3 is 15.3 Å². The molecule has 0 saturated carbocycles. The Labute approximate surface area is 107 Å². The van der Waals surface area contributed by atoms with Crippen LogP contribution >= 0.6 is 0 Å². The van der Waals surface area contributed by atoms with Gasteiger partial charge in [0.15, 0.2) is 0 Å². The number of alkyl halides is 3. The molecule has 1 unspecified atom stereocenters. The van der Waals surface area contributed by atoms with Crippen LogP contribution in [0.3, 0.4) is 0 Å². The molecule has 0 rings (SSSR count). The maximum absolute atomic E-state index is 12.0. The molecule has 0 radical (unpaired) electrons. The van der Waals surface area contributed by atoms with Gasteiger partial charge in [-0.3, -0.25) is 0 Å². The molecule has 0 bridgehead atoms. The van der Waals surface area contributed by atoms with Crippen LogP contribution in [0.4, 0.5) is 13.2 Å². The Morgan fingerprint density at radius 1 is 1.17 bits per heavy atom. The summed E-state index contributed by atoms with van der Waals surface area (Å²) >= 11 is 0. The lowest BCUT2D eigenvalue weighted by Crippen LogP contribution is -2.46. The van der Waals surface area contributed by atoms with Gasteiger partial charge in [-0.2, -0.15) is 13.2 Å². The van der Waals surface area contributed by atoms with Crippen molar-refractivity contribution >= 4 is 0 Å². The highest BCUT2D eigenvalue weighted by atomic mass is 19.4. The fourth-order valence-corrected chi connectivity index (χ4v) is 1.87. The SMILES string of the molecule is CCC(CO)(CCCN(C)CCC(F)(F)F)NC. The second-order valence-corrected chi connectivity index (χ2v) is 4.81. The molecule has 0 heterocycles. The Morgan fingerprint density at radius 3 is 2.17 bits per heavy atom. The van der Waals surface area contributed by atoms with E-state index in [1.165, 1.54) is 0 Å². The van der Waals surface area contributed by atoms with Crippen LogP contribution in [0, 0.1) is 0 Å². The number of rotatable bonds is 9. The Morgan fingerprint density at radius 2 is 1.78 bits per heavy atom. The predicted octanol–water partition coefficient (Wildman–Crippen LogP) is 2.01. The number of hydrogen-bond donors (Lipinski definition) is 2. The second-order valence-electron chi connectivity index (χ2n) is 4.81. The molecule has 18 heavy (non-hydrogen) atoms. The van der Waals surface area contributed by atoms with Crippen LogP contribution in [-0.4, -0.2) is 55.5 Å². The van der Waals surface area contributed by atoms with E-state index in [-0.39, 0.29) is 18.7 Å². The smallest absolute Gasteiger partial charge is 0.390 e. The first kappa shape index (κ1) is 17.7. The lowest BCUT2D eigenvalue weighted by Gasteiger charge is -2.31. The monoisotopic (exact) mass is 270 g/mol.